The van der Waals surface area contributed by atoms with Gasteiger partial charge in [-0.1, -0.05) is 0 Å². The number of rotatable bonds is 17. The normalized spacial score (nSPS) is 9.73. The van der Waals surface area contributed by atoms with Crippen molar-refractivity contribution < 1.29 is 53.9 Å². The van der Waals surface area contributed by atoms with E-state index in [9.17, 15) is 19.2 Å². The maximum Gasteiger partial charge on any atom is 0.503 e. The summed E-state index contributed by atoms with van der Waals surface area (Å²) in [5.41, 5.74) is 0. The molecule has 0 aliphatic heterocycles. The van der Waals surface area contributed by atoms with Crippen LogP contribution in [0.5, 0.6) is 0 Å². The highest BCUT2D eigenvalue weighted by Crippen LogP contribution is 2.05. The van der Waals surface area contributed by atoms with Crippen LogP contribution < -0.4 is 0 Å². The lowest BCUT2D eigenvalue weighted by atomic mass is 10.2. The lowest BCUT2D eigenvalue weighted by Crippen LogP contribution is -2.07. The van der Waals surface area contributed by atoms with Crippen LogP contribution >= 0.6 is 0 Å². The zero-order valence-corrected chi connectivity index (χ0v) is 17.0. The predicted octanol–water partition coefficient (Wildman–Crippen LogP) is 3.15. The lowest BCUT2D eigenvalue weighted by Gasteiger charge is -2.06. The van der Waals surface area contributed by atoms with Gasteiger partial charge in [0.2, 0.25) is 0 Å². The Bertz CT molecular complexity index is 473. The van der Waals surface area contributed by atoms with E-state index < -0.39 is 18.1 Å². The minimum Gasteiger partial charge on any atom is -0.481 e. The second kappa shape index (κ2) is 20.9. The van der Waals surface area contributed by atoms with Gasteiger partial charge in [0.1, 0.15) is 0 Å². The smallest absolute Gasteiger partial charge is 0.481 e. The van der Waals surface area contributed by atoms with Crippen molar-refractivity contribution in [2.75, 3.05) is 13.2 Å². The number of carbonyl (C=O) groups excluding carboxylic acids is 2. The monoisotopic (exact) mass is 436 g/mol. The Hall–Kier alpha value is -2.85. The molecule has 11 heteroatoms. The average molecular weight is 436 g/mol. The van der Waals surface area contributed by atoms with Crippen LogP contribution in [0.3, 0.4) is 0 Å². The summed E-state index contributed by atoms with van der Waals surface area (Å²) in [5, 5.41) is 30.9. The molecule has 0 aromatic heterocycles. The quantitative estimate of drug-likeness (QED) is 0.194. The van der Waals surface area contributed by atoms with E-state index in [1.54, 1.807) is 0 Å². The van der Waals surface area contributed by atoms with Crippen LogP contribution in [0.4, 0.5) is 4.79 Å². The Labute approximate surface area is 175 Å². The molecule has 0 fully saturated rings. The highest BCUT2D eigenvalue weighted by Gasteiger charge is 2.05. The minimum absolute atomic E-state index is 0.0696. The topological polar surface area (TPSA) is 185 Å². The first-order chi connectivity index (χ1) is 14.1. The summed E-state index contributed by atoms with van der Waals surface area (Å²) < 4.78 is 10.1. The fourth-order valence-corrected chi connectivity index (χ4v) is 2.17. The van der Waals surface area contributed by atoms with Gasteiger partial charge >= 0.3 is 30.0 Å². The van der Waals surface area contributed by atoms with Gasteiger partial charge in [-0.3, -0.25) is 19.2 Å². The van der Waals surface area contributed by atoms with E-state index in [4.69, 9.17) is 34.7 Å². The second-order valence-corrected chi connectivity index (χ2v) is 6.34. The van der Waals surface area contributed by atoms with Gasteiger partial charge in [0.15, 0.2) is 0 Å². The first-order valence-corrected chi connectivity index (χ1v) is 9.81. The van der Waals surface area contributed by atoms with Gasteiger partial charge in [-0.2, -0.15) is 0 Å². The van der Waals surface area contributed by atoms with Crippen molar-refractivity contribution in [2.45, 2.75) is 77.0 Å². The predicted molar refractivity (Wildman–Crippen MR) is 103 cm³/mol. The van der Waals surface area contributed by atoms with Crippen LogP contribution in [0.2, 0.25) is 0 Å². The molecule has 0 amide bonds. The van der Waals surface area contributed by atoms with Crippen LogP contribution in [-0.4, -0.2) is 63.7 Å². The van der Waals surface area contributed by atoms with Crippen molar-refractivity contribution in [3.8, 4) is 0 Å². The zero-order valence-electron chi connectivity index (χ0n) is 17.0. The van der Waals surface area contributed by atoms with E-state index in [0.29, 0.717) is 38.9 Å². The maximum absolute atomic E-state index is 11.4. The number of aliphatic carboxylic acids is 2. The van der Waals surface area contributed by atoms with Crippen molar-refractivity contribution >= 4 is 30.0 Å². The van der Waals surface area contributed by atoms with Crippen molar-refractivity contribution in [2.24, 2.45) is 0 Å². The van der Waals surface area contributed by atoms with Crippen LogP contribution in [0, 0.1) is 0 Å². The molecule has 0 bridgehead atoms. The maximum atomic E-state index is 11.4. The van der Waals surface area contributed by atoms with Gasteiger partial charge in [-0.15, -0.1) is 0 Å². The zero-order chi connectivity index (χ0) is 23.2. The van der Waals surface area contributed by atoms with E-state index in [1.807, 2.05) is 0 Å². The Kier molecular flexibility index (Phi) is 20.4. The molecule has 174 valence electrons. The summed E-state index contributed by atoms with van der Waals surface area (Å²) in [7, 11) is 0. The molecular formula is C19H32O11. The Morgan fingerprint density at radius 1 is 0.467 bits per heavy atom. The fraction of sp³-hybridized carbons (Fsp3) is 0.737. The van der Waals surface area contributed by atoms with Crippen molar-refractivity contribution in [1.82, 2.24) is 0 Å². The molecule has 0 heterocycles. The number of esters is 2. The van der Waals surface area contributed by atoms with Gasteiger partial charge in [0.05, 0.1) is 13.2 Å². The van der Waals surface area contributed by atoms with E-state index in [0.717, 1.165) is 25.7 Å². The Balaban J connectivity index is 0. The van der Waals surface area contributed by atoms with Crippen molar-refractivity contribution in [3.05, 3.63) is 0 Å². The molecule has 0 spiro atoms. The number of hydrogen-bond donors (Lipinski definition) is 4. The Morgan fingerprint density at radius 2 is 0.767 bits per heavy atom. The van der Waals surface area contributed by atoms with Crippen LogP contribution in [-0.2, 0) is 28.7 Å². The Morgan fingerprint density at radius 3 is 1.07 bits per heavy atom. The average Bonchev–Trinajstić information content (AvgIpc) is 2.63. The van der Waals surface area contributed by atoms with Gasteiger partial charge in [0, 0.05) is 25.7 Å². The standard InChI is InChI=1S/C18H30O8.CH2O3/c19-15(20)9-3-5-11-17(23)25-13-7-1-2-8-14-26-18(24)12-6-4-10-16(21)22;2-1(3)4/h1-14H2,(H,19,20)(H,21,22);(H2,2,3,4). The summed E-state index contributed by atoms with van der Waals surface area (Å²) in [6.45, 7) is 0.697. The molecule has 0 aromatic rings. The molecule has 0 aliphatic rings. The third-order valence-corrected chi connectivity index (χ3v) is 3.61. The number of carboxylic acids is 2. The van der Waals surface area contributed by atoms with Gasteiger partial charge in [0.25, 0.3) is 0 Å². The van der Waals surface area contributed by atoms with Crippen LogP contribution in [0.25, 0.3) is 0 Å². The molecule has 0 radical (unpaired) electrons. The van der Waals surface area contributed by atoms with Gasteiger partial charge in [-0.25, -0.2) is 4.79 Å². The number of carbonyl (C=O) groups is 5. The molecular weight excluding hydrogens is 404 g/mol. The van der Waals surface area contributed by atoms with E-state index in [2.05, 4.69) is 0 Å². The van der Waals surface area contributed by atoms with Gasteiger partial charge in [-0.05, 0) is 51.4 Å². The van der Waals surface area contributed by atoms with E-state index >= 15 is 0 Å². The molecule has 0 atom stereocenters. The number of carboxylic acid groups (broad SMARTS) is 4. The third kappa shape index (κ3) is 29.9. The van der Waals surface area contributed by atoms with Crippen molar-refractivity contribution in [3.63, 3.8) is 0 Å². The largest absolute Gasteiger partial charge is 0.503 e. The first-order valence-electron chi connectivity index (χ1n) is 9.81. The number of hydrogen-bond acceptors (Lipinski definition) is 7. The molecule has 0 aromatic carbocycles. The lowest BCUT2D eigenvalue weighted by molar-refractivity contribution is -0.145. The molecule has 0 saturated carbocycles. The molecule has 30 heavy (non-hydrogen) atoms. The molecule has 4 N–H and O–H groups in total. The summed E-state index contributed by atoms with van der Waals surface area (Å²) >= 11 is 0. The van der Waals surface area contributed by atoms with E-state index in [-0.39, 0.29) is 37.6 Å². The number of ether oxygens (including phenoxy) is 2. The number of unbranched alkanes of at least 4 members (excludes halogenated alkanes) is 5. The molecule has 0 aliphatic carbocycles. The fourth-order valence-electron chi connectivity index (χ4n) is 2.17. The summed E-state index contributed by atoms with van der Waals surface area (Å²) in [6, 6.07) is 0. The molecule has 0 saturated heterocycles. The summed E-state index contributed by atoms with van der Waals surface area (Å²) in [6.07, 6.45) is 4.00. The summed E-state index contributed by atoms with van der Waals surface area (Å²) in [4.78, 5) is 52.0. The van der Waals surface area contributed by atoms with E-state index in [1.165, 1.54) is 0 Å². The van der Waals surface area contributed by atoms with Crippen LogP contribution in [0.1, 0.15) is 77.0 Å². The second-order valence-electron chi connectivity index (χ2n) is 6.34. The first kappa shape index (κ1) is 29.4. The highest BCUT2D eigenvalue weighted by molar-refractivity contribution is 5.70. The minimum atomic E-state index is -1.83. The van der Waals surface area contributed by atoms with Crippen LogP contribution in [0.15, 0.2) is 0 Å². The summed E-state index contributed by atoms with van der Waals surface area (Å²) in [5.74, 6) is -2.32. The molecule has 0 unspecified atom stereocenters. The van der Waals surface area contributed by atoms with Crippen molar-refractivity contribution in [1.29, 1.82) is 0 Å². The molecule has 11 nitrogen and oxygen atoms in total. The van der Waals surface area contributed by atoms with Gasteiger partial charge < -0.3 is 29.9 Å². The molecule has 0 rings (SSSR count). The highest BCUT2D eigenvalue weighted by atomic mass is 16.6. The SMILES string of the molecule is O=C(O)CCCCC(=O)OCCCCCCOC(=O)CCCCC(=O)O.O=C(O)O. The third-order valence-electron chi connectivity index (χ3n) is 3.61.